The van der Waals surface area contributed by atoms with Crippen molar-refractivity contribution in [2.45, 2.75) is 12.3 Å². The van der Waals surface area contributed by atoms with Crippen LogP contribution >= 0.6 is 0 Å². The summed E-state index contributed by atoms with van der Waals surface area (Å²) in [6.07, 6.45) is 4.01. The third-order valence-corrected chi connectivity index (χ3v) is 5.54. The minimum atomic E-state index is -0.887. The zero-order chi connectivity index (χ0) is 19.5. The molecule has 0 spiro atoms. The number of rotatable bonds is 3. The molecule has 1 aliphatic heterocycles. The Balaban J connectivity index is 1.61. The van der Waals surface area contributed by atoms with E-state index in [-0.39, 0.29) is 17.7 Å². The van der Waals surface area contributed by atoms with Gasteiger partial charge in [0.15, 0.2) is 0 Å². The number of carboxylic acid groups (broad SMARTS) is 1. The molecule has 1 heterocycles. The van der Waals surface area contributed by atoms with Crippen LogP contribution < -0.4 is 0 Å². The van der Waals surface area contributed by atoms with Crippen LogP contribution in [0.4, 0.5) is 9.18 Å². The maximum atomic E-state index is 13.3. The Morgan fingerprint density at radius 1 is 1.04 bits per heavy atom. The van der Waals surface area contributed by atoms with Crippen molar-refractivity contribution < 1.29 is 14.3 Å². The molecule has 1 saturated heterocycles. The van der Waals surface area contributed by atoms with Crippen molar-refractivity contribution in [3.05, 3.63) is 89.8 Å². The van der Waals surface area contributed by atoms with E-state index in [0.29, 0.717) is 13.1 Å². The van der Waals surface area contributed by atoms with E-state index in [9.17, 15) is 14.3 Å². The summed E-state index contributed by atoms with van der Waals surface area (Å²) in [5.74, 6) is -0.0373. The normalized spacial score (nSPS) is 20.0. The number of carbonyl (C=O) groups is 1. The smallest absolute Gasteiger partial charge is 0.407 e. The highest BCUT2D eigenvalue weighted by molar-refractivity contribution is 5.84. The molecule has 0 radical (unpaired) electrons. The zero-order valence-corrected chi connectivity index (χ0v) is 15.5. The summed E-state index contributed by atoms with van der Waals surface area (Å²) in [7, 11) is 0. The minimum Gasteiger partial charge on any atom is -0.465 e. The Bertz CT molecular complexity index is 1010. The molecule has 0 bridgehead atoms. The van der Waals surface area contributed by atoms with Crippen molar-refractivity contribution in [2.24, 2.45) is 5.92 Å². The van der Waals surface area contributed by atoms with Gasteiger partial charge in [0.2, 0.25) is 0 Å². The van der Waals surface area contributed by atoms with Crippen molar-refractivity contribution in [1.82, 2.24) is 4.90 Å². The summed E-state index contributed by atoms with van der Waals surface area (Å²) < 4.78 is 13.3. The molecule has 142 valence electrons. The molecule has 3 nitrogen and oxygen atoms in total. The fourth-order valence-electron chi connectivity index (χ4n) is 4.02. The topological polar surface area (TPSA) is 40.5 Å². The summed E-state index contributed by atoms with van der Waals surface area (Å²) in [6.45, 7) is 0.944. The summed E-state index contributed by atoms with van der Waals surface area (Å²) >= 11 is 0. The van der Waals surface area contributed by atoms with Crippen molar-refractivity contribution in [1.29, 1.82) is 0 Å². The van der Waals surface area contributed by atoms with Gasteiger partial charge >= 0.3 is 6.09 Å². The van der Waals surface area contributed by atoms with E-state index >= 15 is 0 Å². The van der Waals surface area contributed by atoms with E-state index < -0.39 is 6.09 Å². The van der Waals surface area contributed by atoms with Crippen LogP contribution in [-0.4, -0.2) is 29.2 Å². The lowest BCUT2D eigenvalue weighted by molar-refractivity contribution is 0.121. The Labute approximate surface area is 163 Å². The van der Waals surface area contributed by atoms with Crippen LogP contribution in [0, 0.1) is 11.7 Å². The van der Waals surface area contributed by atoms with E-state index in [1.165, 1.54) is 27.8 Å². The van der Waals surface area contributed by atoms with Gasteiger partial charge < -0.3 is 10.0 Å². The molecule has 1 fully saturated rings. The highest BCUT2D eigenvalue weighted by Gasteiger charge is 2.30. The van der Waals surface area contributed by atoms with Gasteiger partial charge in [-0.3, -0.25) is 0 Å². The molecule has 1 N–H and O–H groups in total. The second-order valence-corrected chi connectivity index (χ2v) is 7.30. The van der Waals surface area contributed by atoms with Crippen molar-refractivity contribution in [3.63, 3.8) is 0 Å². The molecule has 2 atom stereocenters. The van der Waals surface area contributed by atoms with Gasteiger partial charge in [0.1, 0.15) is 5.82 Å². The van der Waals surface area contributed by atoms with Crippen LogP contribution in [-0.2, 0) is 0 Å². The average Bonchev–Trinajstić information content (AvgIpc) is 2.72. The number of nitrogens with zero attached hydrogens (tertiary/aromatic N) is 1. The maximum absolute atomic E-state index is 13.3. The lowest BCUT2D eigenvalue weighted by Crippen LogP contribution is -2.41. The number of halogens is 1. The number of amides is 1. The highest BCUT2D eigenvalue weighted by Crippen LogP contribution is 2.34. The second-order valence-electron chi connectivity index (χ2n) is 7.30. The van der Waals surface area contributed by atoms with Gasteiger partial charge in [-0.25, -0.2) is 9.18 Å². The van der Waals surface area contributed by atoms with Gasteiger partial charge in [-0.05, 0) is 52.4 Å². The molecule has 0 saturated carbocycles. The van der Waals surface area contributed by atoms with Crippen LogP contribution in [0.25, 0.3) is 16.8 Å². The van der Waals surface area contributed by atoms with E-state index in [1.54, 1.807) is 0 Å². The van der Waals surface area contributed by atoms with Crippen molar-refractivity contribution >= 4 is 22.9 Å². The first-order valence-electron chi connectivity index (χ1n) is 9.50. The SMILES string of the molecule is O=C(O)N1CCC(c2ccc(F)cc2)C(/C=C/c2ccc3ccccc3c2)C1. The van der Waals surface area contributed by atoms with Crippen LogP contribution in [0.3, 0.4) is 0 Å². The molecular formula is C24H22FNO2. The first kappa shape index (κ1) is 18.2. The minimum absolute atomic E-state index is 0.0433. The zero-order valence-electron chi connectivity index (χ0n) is 15.5. The standard InChI is InChI=1S/C24H22FNO2/c25-22-11-9-19(10-12-22)23-13-14-26(24(27)28)16-21(23)8-6-17-5-7-18-3-1-2-4-20(18)15-17/h1-12,15,21,23H,13-14,16H2,(H,27,28)/b8-6+. The molecule has 0 aromatic heterocycles. The average molecular weight is 375 g/mol. The molecule has 2 unspecified atom stereocenters. The predicted octanol–water partition coefficient (Wildman–Crippen LogP) is 5.78. The number of piperidine rings is 1. The number of benzene rings is 3. The molecule has 3 aromatic carbocycles. The molecule has 28 heavy (non-hydrogen) atoms. The highest BCUT2D eigenvalue weighted by atomic mass is 19.1. The number of hydrogen-bond donors (Lipinski definition) is 1. The molecule has 4 rings (SSSR count). The van der Waals surface area contributed by atoms with Crippen molar-refractivity contribution in [2.75, 3.05) is 13.1 Å². The van der Waals surface area contributed by atoms with Crippen LogP contribution in [0.2, 0.25) is 0 Å². The maximum Gasteiger partial charge on any atom is 0.407 e. The summed E-state index contributed by atoms with van der Waals surface area (Å²) in [5, 5.41) is 11.8. The predicted molar refractivity (Wildman–Crippen MR) is 110 cm³/mol. The van der Waals surface area contributed by atoms with Gasteiger partial charge in [-0.2, -0.15) is 0 Å². The van der Waals surface area contributed by atoms with Gasteiger partial charge in [0.25, 0.3) is 0 Å². The summed E-state index contributed by atoms with van der Waals surface area (Å²) in [4.78, 5) is 12.9. The van der Waals surface area contributed by atoms with Crippen LogP contribution in [0.5, 0.6) is 0 Å². The fourth-order valence-corrected chi connectivity index (χ4v) is 4.02. The Kier molecular flexibility index (Phi) is 5.11. The lowest BCUT2D eigenvalue weighted by Gasteiger charge is -2.36. The van der Waals surface area contributed by atoms with E-state index in [1.807, 2.05) is 24.3 Å². The largest absolute Gasteiger partial charge is 0.465 e. The second kappa shape index (κ2) is 7.85. The van der Waals surface area contributed by atoms with Gasteiger partial charge in [0.05, 0.1) is 0 Å². The first-order chi connectivity index (χ1) is 13.6. The Morgan fingerprint density at radius 2 is 1.79 bits per heavy atom. The summed E-state index contributed by atoms with van der Waals surface area (Å²) in [5.41, 5.74) is 2.14. The molecule has 4 heteroatoms. The quantitative estimate of drug-likeness (QED) is 0.631. The number of hydrogen-bond acceptors (Lipinski definition) is 1. The first-order valence-corrected chi connectivity index (χ1v) is 9.50. The van der Waals surface area contributed by atoms with Gasteiger partial charge in [-0.15, -0.1) is 0 Å². The van der Waals surface area contributed by atoms with Gasteiger partial charge in [-0.1, -0.05) is 60.7 Å². The van der Waals surface area contributed by atoms with E-state index in [4.69, 9.17) is 0 Å². The summed E-state index contributed by atoms with van der Waals surface area (Å²) in [6, 6.07) is 21.1. The van der Waals surface area contributed by atoms with E-state index in [0.717, 1.165) is 17.5 Å². The van der Waals surface area contributed by atoms with E-state index in [2.05, 4.69) is 42.5 Å². The molecule has 1 aliphatic rings. The number of likely N-dealkylation sites (tertiary alicyclic amines) is 1. The van der Waals surface area contributed by atoms with Crippen LogP contribution in [0.15, 0.2) is 72.8 Å². The van der Waals surface area contributed by atoms with Crippen LogP contribution in [0.1, 0.15) is 23.5 Å². The third-order valence-electron chi connectivity index (χ3n) is 5.54. The molecular weight excluding hydrogens is 353 g/mol. The Hall–Kier alpha value is -3.14. The lowest BCUT2D eigenvalue weighted by atomic mass is 9.80. The fraction of sp³-hybridized carbons (Fsp3) is 0.208. The molecule has 0 aliphatic carbocycles. The van der Waals surface area contributed by atoms with Crippen molar-refractivity contribution in [3.8, 4) is 0 Å². The van der Waals surface area contributed by atoms with Gasteiger partial charge in [0, 0.05) is 19.0 Å². The number of fused-ring (bicyclic) bond motifs is 1. The molecule has 1 amide bonds. The third kappa shape index (κ3) is 3.91. The Morgan fingerprint density at radius 3 is 2.54 bits per heavy atom. The monoisotopic (exact) mass is 375 g/mol. The molecule has 3 aromatic rings.